The number of carbonyl (C=O) groups is 4. The first-order valence-corrected chi connectivity index (χ1v) is 7.84. The summed E-state index contributed by atoms with van der Waals surface area (Å²) in [5.41, 5.74) is 0.329. The monoisotopic (exact) mass is 353 g/mol. The summed E-state index contributed by atoms with van der Waals surface area (Å²) < 4.78 is 13.6. The van der Waals surface area contributed by atoms with Gasteiger partial charge in [0.05, 0.1) is 24.8 Å². The number of alkyl halides is 1. The van der Waals surface area contributed by atoms with Gasteiger partial charge in [0.25, 0.3) is 5.91 Å². The molecule has 1 aliphatic heterocycles. The molecular formula is C15H20FN5O4. The van der Waals surface area contributed by atoms with E-state index in [9.17, 15) is 23.6 Å². The van der Waals surface area contributed by atoms with Gasteiger partial charge in [0.15, 0.2) is 5.78 Å². The molecule has 2 N–H and O–H groups in total. The first-order chi connectivity index (χ1) is 11.9. The summed E-state index contributed by atoms with van der Waals surface area (Å²) in [6.07, 6.45) is 4.00. The van der Waals surface area contributed by atoms with Gasteiger partial charge in [0.2, 0.25) is 11.8 Å². The van der Waals surface area contributed by atoms with Crippen molar-refractivity contribution in [1.29, 1.82) is 0 Å². The van der Waals surface area contributed by atoms with Gasteiger partial charge < -0.3 is 15.5 Å². The van der Waals surface area contributed by atoms with Crippen LogP contribution in [0.5, 0.6) is 0 Å². The molecule has 0 aromatic carbocycles. The zero-order valence-electron chi connectivity index (χ0n) is 13.8. The van der Waals surface area contributed by atoms with Crippen molar-refractivity contribution in [3.05, 3.63) is 18.0 Å². The van der Waals surface area contributed by atoms with Crippen LogP contribution in [-0.2, 0) is 21.4 Å². The highest BCUT2D eigenvalue weighted by molar-refractivity contribution is 5.97. The molecule has 1 saturated heterocycles. The molecule has 0 aliphatic carbocycles. The van der Waals surface area contributed by atoms with Gasteiger partial charge in [-0.05, 0) is 12.8 Å². The lowest BCUT2D eigenvalue weighted by Gasteiger charge is -2.24. The Morgan fingerprint density at radius 3 is 2.68 bits per heavy atom. The van der Waals surface area contributed by atoms with E-state index in [1.165, 1.54) is 22.0 Å². The second kappa shape index (κ2) is 8.36. The lowest BCUT2D eigenvalue weighted by atomic mass is 10.2. The third kappa shape index (κ3) is 4.85. The number of aryl methyl sites for hydroxylation is 1. The summed E-state index contributed by atoms with van der Waals surface area (Å²) in [7, 11) is 1.67. The standard InChI is InChI=1S/C15H20FN5O4/c1-20-9-10(6-19-20)14(24)18-8-13(23)21-4-2-3-12(21)15(25)17-7-11(22)5-16/h6,9,12H,2-5,7-8H2,1H3,(H,17,25)(H,18,24). The van der Waals surface area contributed by atoms with Gasteiger partial charge in [-0.2, -0.15) is 5.10 Å². The normalized spacial score (nSPS) is 16.6. The van der Waals surface area contributed by atoms with Crippen LogP contribution in [0.15, 0.2) is 12.4 Å². The highest BCUT2D eigenvalue weighted by Crippen LogP contribution is 2.17. The average Bonchev–Trinajstić information content (AvgIpc) is 3.25. The molecule has 9 nitrogen and oxygen atoms in total. The number of nitrogens with zero attached hydrogens (tertiary/aromatic N) is 3. The summed E-state index contributed by atoms with van der Waals surface area (Å²) in [4.78, 5) is 48.6. The van der Waals surface area contributed by atoms with E-state index < -0.39 is 42.8 Å². The van der Waals surface area contributed by atoms with E-state index in [-0.39, 0.29) is 6.54 Å². The van der Waals surface area contributed by atoms with Crippen LogP contribution in [0.3, 0.4) is 0 Å². The van der Waals surface area contributed by atoms with Crippen molar-refractivity contribution in [3.63, 3.8) is 0 Å². The zero-order valence-corrected chi connectivity index (χ0v) is 13.8. The Morgan fingerprint density at radius 1 is 1.28 bits per heavy atom. The van der Waals surface area contributed by atoms with Crippen molar-refractivity contribution < 1.29 is 23.6 Å². The molecule has 1 aromatic rings. The van der Waals surface area contributed by atoms with Crippen molar-refractivity contribution in [2.24, 2.45) is 7.05 Å². The first-order valence-electron chi connectivity index (χ1n) is 7.84. The predicted octanol–water partition coefficient (Wildman–Crippen LogP) is -1.20. The molecular weight excluding hydrogens is 333 g/mol. The van der Waals surface area contributed by atoms with E-state index in [0.29, 0.717) is 24.9 Å². The van der Waals surface area contributed by atoms with Crippen molar-refractivity contribution in [2.45, 2.75) is 18.9 Å². The highest BCUT2D eigenvalue weighted by atomic mass is 19.1. The number of amides is 3. The van der Waals surface area contributed by atoms with E-state index in [0.717, 1.165) is 0 Å². The maximum absolute atomic E-state index is 12.3. The molecule has 0 spiro atoms. The van der Waals surface area contributed by atoms with Gasteiger partial charge in [0.1, 0.15) is 12.7 Å². The van der Waals surface area contributed by atoms with Gasteiger partial charge in [-0.15, -0.1) is 0 Å². The fraction of sp³-hybridized carbons (Fsp3) is 0.533. The number of halogens is 1. The average molecular weight is 353 g/mol. The minimum Gasteiger partial charge on any atom is -0.347 e. The lowest BCUT2D eigenvalue weighted by Crippen LogP contribution is -2.49. The number of hydrogen-bond acceptors (Lipinski definition) is 5. The Bertz CT molecular complexity index is 675. The second-order valence-corrected chi connectivity index (χ2v) is 5.72. The van der Waals surface area contributed by atoms with Crippen LogP contribution in [0.25, 0.3) is 0 Å². The van der Waals surface area contributed by atoms with E-state index in [1.54, 1.807) is 7.05 Å². The molecule has 2 rings (SSSR count). The Morgan fingerprint density at radius 2 is 2.04 bits per heavy atom. The fourth-order valence-corrected chi connectivity index (χ4v) is 2.59. The molecule has 0 bridgehead atoms. The quantitative estimate of drug-likeness (QED) is 0.639. The zero-order chi connectivity index (χ0) is 18.4. The van der Waals surface area contributed by atoms with Crippen molar-refractivity contribution in [1.82, 2.24) is 25.3 Å². The van der Waals surface area contributed by atoms with Crippen LogP contribution in [0, 0.1) is 0 Å². The van der Waals surface area contributed by atoms with E-state index in [4.69, 9.17) is 0 Å². The number of ketones is 1. The minimum atomic E-state index is -1.14. The van der Waals surface area contributed by atoms with E-state index >= 15 is 0 Å². The summed E-state index contributed by atoms with van der Waals surface area (Å²) in [6, 6.07) is -0.713. The maximum atomic E-state index is 12.3. The topological polar surface area (TPSA) is 113 Å². The molecule has 1 aliphatic rings. The number of nitrogens with one attached hydrogen (secondary N) is 2. The number of Topliss-reactive ketones (excluding diaryl/α,β-unsaturated/α-hetero) is 1. The predicted molar refractivity (Wildman–Crippen MR) is 84.3 cm³/mol. The smallest absolute Gasteiger partial charge is 0.254 e. The van der Waals surface area contributed by atoms with Gasteiger partial charge >= 0.3 is 0 Å². The molecule has 1 unspecified atom stereocenters. The Kier molecular flexibility index (Phi) is 6.20. The molecule has 1 fully saturated rings. The summed E-state index contributed by atoms with van der Waals surface area (Å²) in [5.74, 6) is -2.05. The number of hydrogen-bond donors (Lipinski definition) is 2. The first kappa shape index (κ1) is 18.6. The van der Waals surface area contributed by atoms with Gasteiger partial charge in [-0.1, -0.05) is 0 Å². The van der Waals surface area contributed by atoms with Crippen molar-refractivity contribution in [3.8, 4) is 0 Å². The van der Waals surface area contributed by atoms with Crippen LogP contribution in [0.1, 0.15) is 23.2 Å². The van der Waals surface area contributed by atoms with Gasteiger partial charge in [0, 0.05) is 19.8 Å². The van der Waals surface area contributed by atoms with Crippen LogP contribution in [0.4, 0.5) is 4.39 Å². The van der Waals surface area contributed by atoms with Crippen molar-refractivity contribution in [2.75, 3.05) is 26.3 Å². The Labute approximate surface area is 143 Å². The van der Waals surface area contributed by atoms with Gasteiger partial charge in [-0.3, -0.25) is 23.9 Å². The van der Waals surface area contributed by atoms with Crippen molar-refractivity contribution >= 4 is 23.5 Å². The maximum Gasteiger partial charge on any atom is 0.254 e. The minimum absolute atomic E-state index is 0.249. The lowest BCUT2D eigenvalue weighted by molar-refractivity contribution is -0.138. The number of carbonyl (C=O) groups excluding carboxylic acids is 4. The van der Waals surface area contributed by atoms with Gasteiger partial charge in [-0.25, -0.2) is 4.39 Å². The summed E-state index contributed by atoms with van der Waals surface area (Å²) in [6.45, 7) is -1.41. The van der Waals surface area contributed by atoms with Crippen LogP contribution in [-0.4, -0.2) is 70.5 Å². The fourth-order valence-electron chi connectivity index (χ4n) is 2.59. The number of likely N-dealkylation sites (tertiary alicyclic amines) is 1. The molecule has 1 aromatic heterocycles. The largest absolute Gasteiger partial charge is 0.347 e. The second-order valence-electron chi connectivity index (χ2n) is 5.72. The molecule has 2 heterocycles. The Hall–Kier alpha value is -2.78. The molecule has 136 valence electrons. The van der Waals surface area contributed by atoms with Crippen LogP contribution in [0.2, 0.25) is 0 Å². The summed E-state index contributed by atoms with van der Waals surface area (Å²) >= 11 is 0. The molecule has 0 saturated carbocycles. The number of aromatic nitrogens is 2. The number of rotatable bonds is 7. The highest BCUT2D eigenvalue weighted by Gasteiger charge is 2.34. The van der Waals surface area contributed by atoms with E-state index in [1.807, 2.05) is 0 Å². The SMILES string of the molecule is Cn1cc(C(=O)NCC(=O)N2CCCC2C(=O)NCC(=O)CF)cn1. The van der Waals surface area contributed by atoms with E-state index in [2.05, 4.69) is 15.7 Å². The molecule has 3 amide bonds. The summed E-state index contributed by atoms with van der Waals surface area (Å²) in [5, 5.41) is 8.69. The van der Waals surface area contributed by atoms with Crippen LogP contribution >= 0.6 is 0 Å². The molecule has 1 atom stereocenters. The van der Waals surface area contributed by atoms with Crippen LogP contribution < -0.4 is 10.6 Å². The Balaban J connectivity index is 1.86. The third-order valence-corrected chi connectivity index (χ3v) is 3.85. The molecule has 0 radical (unpaired) electrons. The molecule has 10 heteroatoms. The molecule has 25 heavy (non-hydrogen) atoms. The third-order valence-electron chi connectivity index (χ3n) is 3.85.